The van der Waals surface area contributed by atoms with E-state index < -0.39 is 0 Å². The van der Waals surface area contributed by atoms with Crippen molar-refractivity contribution in [3.63, 3.8) is 0 Å². The number of phenolic OH excluding ortho intramolecular Hbond substituents is 1. The number of anilines is 1. The Morgan fingerprint density at radius 3 is 2.60 bits per heavy atom. The van der Waals surface area contributed by atoms with Crippen LogP contribution in [0.25, 0.3) is 0 Å². The molecule has 0 heterocycles. The van der Waals surface area contributed by atoms with E-state index in [4.69, 9.17) is 5.73 Å². The van der Waals surface area contributed by atoms with E-state index in [0.29, 0.717) is 24.2 Å². The molecule has 0 aromatic heterocycles. The lowest BCUT2D eigenvalue weighted by Gasteiger charge is -2.09. The molecule has 2 rings (SSSR count). The van der Waals surface area contributed by atoms with E-state index in [1.165, 1.54) is 0 Å². The van der Waals surface area contributed by atoms with Gasteiger partial charge < -0.3 is 16.2 Å². The van der Waals surface area contributed by atoms with Gasteiger partial charge in [0.2, 0.25) is 0 Å². The third-order valence-corrected chi connectivity index (χ3v) is 3.26. The highest BCUT2D eigenvalue weighted by Gasteiger charge is 2.09. The SMILES string of the molecule is Cc1c(N)cccc1C(=O)NCCc1ccc(O)cc1. The van der Waals surface area contributed by atoms with Gasteiger partial charge in [-0.2, -0.15) is 0 Å². The highest BCUT2D eigenvalue weighted by Crippen LogP contribution is 2.15. The van der Waals surface area contributed by atoms with E-state index >= 15 is 0 Å². The minimum atomic E-state index is -0.117. The molecule has 0 fully saturated rings. The van der Waals surface area contributed by atoms with Crippen molar-refractivity contribution < 1.29 is 9.90 Å². The van der Waals surface area contributed by atoms with Crippen LogP contribution in [0.2, 0.25) is 0 Å². The molecule has 0 bridgehead atoms. The van der Waals surface area contributed by atoms with Crippen LogP contribution in [0.15, 0.2) is 42.5 Å². The van der Waals surface area contributed by atoms with Crippen LogP contribution in [-0.2, 0) is 6.42 Å². The van der Waals surface area contributed by atoms with Gasteiger partial charge in [-0.25, -0.2) is 0 Å². The zero-order chi connectivity index (χ0) is 14.5. The van der Waals surface area contributed by atoms with Crippen LogP contribution in [0.1, 0.15) is 21.5 Å². The van der Waals surface area contributed by atoms with Crippen molar-refractivity contribution in [3.8, 4) is 5.75 Å². The molecule has 0 unspecified atom stereocenters. The predicted molar refractivity (Wildman–Crippen MR) is 79.7 cm³/mol. The number of nitrogens with two attached hydrogens (primary N) is 1. The summed E-state index contributed by atoms with van der Waals surface area (Å²) in [6.07, 6.45) is 0.716. The molecule has 0 aliphatic rings. The molecule has 0 radical (unpaired) electrons. The monoisotopic (exact) mass is 270 g/mol. The fourth-order valence-electron chi connectivity index (χ4n) is 1.98. The molecule has 0 aliphatic carbocycles. The number of phenols is 1. The molecule has 4 N–H and O–H groups in total. The van der Waals surface area contributed by atoms with Gasteiger partial charge >= 0.3 is 0 Å². The molecule has 2 aromatic carbocycles. The number of hydrogen-bond donors (Lipinski definition) is 3. The van der Waals surface area contributed by atoms with E-state index in [2.05, 4.69) is 5.32 Å². The molecule has 20 heavy (non-hydrogen) atoms. The second-order valence-corrected chi connectivity index (χ2v) is 4.69. The van der Waals surface area contributed by atoms with Crippen LogP contribution in [0, 0.1) is 6.92 Å². The Morgan fingerprint density at radius 2 is 1.90 bits per heavy atom. The summed E-state index contributed by atoms with van der Waals surface area (Å²) in [5, 5.41) is 12.1. The molecule has 104 valence electrons. The summed E-state index contributed by atoms with van der Waals surface area (Å²) >= 11 is 0. The summed E-state index contributed by atoms with van der Waals surface area (Å²) in [5.41, 5.74) is 8.88. The van der Waals surface area contributed by atoms with Crippen LogP contribution in [-0.4, -0.2) is 17.6 Å². The number of carbonyl (C=O) groups excluding carboxylic acids is 1. The van der Waals surface area contributed by atoms with E-state index in [0.717, 1.165) is 11.1 Å². The van der Waals surface area contributed by atoms with Crippen molar-refractivity contribution in [2.75, 3.05) is 12.3 Å². The van der Waals surface area contributed by atoms with Gasteiger partial charge in [0.25, 0.3) is 5.91 Å². The lowest BCUT2D eigenvalue weighted by molar-refractivity contribution is 0.0953. The quantitative estimate of drug-likeness (QED) is 0.746. The van der Waals surface area contributed by atoms with Crippen molar-refractivity contribution >= 4 is 11.6 Å². The fraction of sp³-hybridized carbons (Fsp3) is 0.188. The third-order valence-electron chi connectivity index (χ3n) is 3.26. The first-order valence-electron chi connectivity index (χ1n) is 6.49. The number of carbonyl (C=O) groups is 1. The van der Waals surface area contributed by atoms with Crippen molar-refractivity contribution in [2.24, 2.45) is 0 Å². The van der Waals surface area contributed by atoms with Gasteiger partial charge in [0.15, 0.2) is 0 Å². The Balaban J connectivity index is 1.92. The van der Waals surface area contributed by atoms with Crippen LogP contribution in [0.3, 0.4) is 0 Å². The maximum atomic E-state index is 12.1. The number of amides is 1. The summed E-state index contributed by atoms with van der Waals surface area (Å²) in [7, 11) is 0. The summed E-state index contributed by atoms with van der Waals surface area (Å²) in [5.74, 6) is 0.127. The van der Waals surface area contributed by atoms with Gasteiger partial charge in [-0.1, -0.05) is 18.2 Å². The molecular formula is C16H18N2O2. The minimum absolute atomic E-state index is 0.117. The molecule has 0 saturated carbocycles. The Morgan fingerprint density at radius 1 is 1.20 bits per heavy atom. The van der Waals surface area contributed by atoms with Crippen molar-refractivity contribution in [3.05, 3.63) is 59.2 Å². The third kappa shape index (κ3) is 3.29. The molecule has 0 saturated heterocycles. The average Bonchev–Trinajstić information content (AvgIpc) is 2.44. The summed E-state index contributed by atoms with van der Waals surface area (Å²) in [6, 6.07) is 12.3. The van der Waals surface area contributed by atoms with Crippen molar-refractivity contribution in [1.82, 2.24) is 5.32 Å². The van der Waals surface area contributed by atoms with E-state index in [-0.39, 0.29) is 11.7 Å². The van der Waals surface area contributed by atoms with Gasteiger partial charge in [-0.05, 0) is 48.7 Å². The normalized spacial score (nSPS) is 10.2. The van der Waals surface area contributed by atoms with E-state index in [1.54, 1.807) is 30.3 Å². The zero-order valence-electron chi connectivity index (χ0n) is 11.4. The van der Waals surface area contributed by atoms with Gasteiger partial charge in [0.05, 0.1) is 0 Å². The summed E-state index contributed by atoms with van der Waals surface area (Å²) in [4.78, 5) is 12.1. The first-order chi connectivity index (χ1) is 9.58. The van der Waals surface area contributed by atoms with Gasteiger partial charge in [0.1, 0.15) is 5.75 Å². The predicted octanol–water partition coefficient (Wildman–Crippen LogP) is 2.26. The van der Waals surface area contributed by atoms with Crippen molar-refractivity contribution in [1.29, 1.82) is 0 Å². The van der Waals surface area contributed by atoms with Crippen LogP contribution in [0.5, 0.6) is 5.75 Å². The zero-order valence-corrected chi connectivity index (χ0v) is 11.4. The second kappa shape index (κ2) is 6.10. The highest BCUT2D eigenvalue weighted by atomic mass is 16.3. The smallest absolute Gasteiger partial charge is 0.251 e. The maximum Gasteiger partial charge on any atom is 0.251 e. The number of nitrogen functional groups attached to an aromatic ring is 1. The van der Waals surface area contributed by atoms with E-state index in [9.17, 15) is 9.90 Å². The summed E-state index contributed by atoms with van der Waals surface area (Å²) in [6.45, 7) is 2.38. The lowest BCUT2D eigenvalue weighted by Crippen LogP contribution is -2.26. The summed E-state index contributed by atoms with van der Waals surface area (Å²) < 4.78 is 0. The number of benzene rings is 2. The van der Waals surface area contributed by atoms with Crippen LogP contribution >= 0.6 is 0 Å². The average molecular weight is 270 g/mol. The molecule has 4 nitrogen and oxygen atoms in total. The van der Waals surface area contributed by atoms with E-state index in [1.807, 2.05) is 19.1 Å². The number of aromatic hydroxyl groups is 1. The Kier molecular flexibility index (Phi) is 4.25. The molecule has 0 spiro atoms. The first-order valence-corrected chi connectivity index (χ1v) is 6.49. The van der Waals surface area contributed by atoms with Crippen LogP contribution in [0.4, 0.5) is 5.69 Å². The molecular weight excluding hydrogens is 252 g/mol. The lowest BCUT2D eigenvalue weighted by atomic mass is 10.1. The maximum absolute atomic E-state index is 12.1. The second-order valence-electron chi connectivity index (χ2n) is 4.69. The van der Waals surface area contributed by atoms with Gasteiger partial charge in [0, 0.05) is 17.8 Å². The number of rotatable bonds is 4. The number of hydrogen-bond acceptors (Lipinski definition) is 3. The fourth-order valence-corrected chi connectivity index (χ4v) is 1.98. The molecule has 4 heteroatoms. The topological polar surface area (TPSA) is 75.4 Å². The Bertz CT molecular complexity index is 606. The number of nitrogens with one attached hydrogen (secondary N) is 1. The largest absolute Gasteiger partial charge is 0.508 e. The molecule has 2 aromatic rings. The van der Waals surface area contributed by atoms with Gasteiger partial charge in [-0.3, -0.25) is 4.79 Å². The standard InChI is InChI=1S/C16H18N2O2/c1-11-14(3-2-4-15(11)17)16(20)18-10-9-12-5-7-13(19)8-6-12/h2-8,19H,9-10,17H2,1H3,(H,18,20). The minimum Gasteiger partial charge on any atom is -0.508 e. The van der Waals surface area contributed by atoms with Crippen molar-refractivity contribution in [2.45, 2.75) is 13.3 Å². The Hall–Kier alpha value is -2.49. The van der Waals surface area contributed by atoms with Gasteiger partial charge in [-0.15, -0.1) is 0 Å². The first kappa shape index (κ1) is 13.9. The molecule has 0 atom stereocenters. The van der Waals surface area contributed by atoms with Crippen LogP contribution < -0.4 is 11.1 Å². The molecule has 1 amide bonds. The Labute approximate surface area is 118 Å². The molecule has 0 aliphatic heterocycles. The highest BCUT2D eigenvalue weighted by molar-refractivity contribution is 5.96.